The fourth-order valence-corrected chi connectivity index (χ4v) is 3.15. The van der Waals surface area contributed by atoms with Crippen molar-refractivity contribution in [1.82, 2.24) is 5.32 Å². The van der Waals surface area contributed by atoms with E-state index in [4.69, 9.17) is 11.6 Å². The third-order valence-electron chi connectivity index (χ3n) is 3.82. The van der Waals surface area contributed by atoms with Crippen LogP contribution in [0.3, 0.4) is 0 Å². The summed E-state index contributed by atoms with van der Waals surface area (Å²) in [5.74, 6) is 0.663. The molecule has 1 fully saturated rings. The van der Waals surface area contributed by atoms with E-state index in [9.17, 15) is 0 Å². The summed E-state index contributed by atoms with van der Waals surface area (Å²) in [6, 6.07) is 6.99. The molecule has 2 atom stereocenters. The predicted octanol–water partition coefficient (Wildman–Crippen LogP) is 3.47. The summed E-state index contributed by atoms with van der Waals surface area (Å²) in [7, 11) is 0. The molecule has 2 nitrogen and oxygen atoms in total. The van der Waals surface area contributed by atoms with Gasteiger partial charge in [-0.15, -0.1) is 0 Å². The maximum absolute atomic E-state index is 6.35. The van der Waals surface area contributed by atoms with E-state index in [0.29, 0.717) is 12.0 Å². The molecule has 1 aliphatic rings. The van der Waals surface area contributed by atoms with E-state index in [1.807, 2.05) is 0 Å². The second-order valence-electron chi connectivity index (χ2n) is 5.33. The summed E-state index contributed by atoms with van der Waals surface area (Å²) in [5, 5.41) is 4.45. The van der Waals surface area contributed by atoms with Gasteiger partial charge in [0.2, 0.25) is 0 Å². The minimum Gasteiger partial charge on any atom is -0.370 e. The number of hydrogen-bond acceptors (Lipinski definition) is 2. The Balaban J connectivity index is 2.07. The Morgan fingerprint density at radius 1 is 1.44 bits per heavy atom. The van der Waals surface area contributed by atoms with Gasteiger partial charge in [-0.05, 0) is 43.5 Å². The van der Waals surface area contributed by atoms with Crippen molar-refractivity contribution in [1.29, 1.82) is 0 Å². The lowest BCUT2D eigenvalue weighted by atomic mass is 9.93. The van der Waals surface area contributed by atoms with Crippen molar-refractivity contribution in [2.24, 2.45) is 5.92 Å². The van der Waals surface area contributed by atoms with E-state index < -0.39 is 0 Å². The molecule has 1 aliphatic heterocycles. The predicted molar refractivity (Wildman–Crippen MR) is 79.6 cm³/mol. The van der Waals surface area contributed by atoms with Crippen LogP contribution in [0.15, 0.2) is 18.2 Å². The Bertz CT molecular complexity index is 405. The summed E-state index contributed by atoms with van der Waals surface area (Å²) >= 11 is 6.35. The molecular formula is C15H23ClN2. The molecule has 0 radical (unpaired) electrons. The summed E-state index contributed by atoms with van der Waals surface area (Å²) in [4.78, 5) is 2.42. The van der Waals surface area contributed by atoms with Gasteiger partial charge in [0, 0.05) is 19.1 Å². The van der Waals surface area contributed by atoms with Gasteiger partial charge >= 0.3 is 0 Å². The Hall–Kier alpha value is -0.730. The van der Waals surface area contributed by atoms with Gasteiger partial charge in [0.25, 0.3) is 0 Å². The van der Waals surface area contributed by atoms with Gasteiger partial charge in [-0.25, -0.2) is 0 Å². The first-order valence-corrected chi connectivity index (χ1v) is 7.24. The number of hydrogen-bond donors (Lipinski definition) is 1. The van der Waals surface area contributed by atoms with Crippen LogP contribution >= 0.6 is 11.6 Å². The number of anilines is 1. The molecule has 1 aromatic rings. The molecule has 0 spiro atoms. The van der Waals surface area contributed by atoms with Crippen LogP contribution in [0.2, 0.25) is 5.02 Å². The van der Waals surface area contributed by atoms with Crippen LogP contribution in [-0.2, 0) is 0 Å². The standard InChI is InChI=1S/C15H23ClN2/c1-4-17-14-7-8-18(10-12(14)3)15-6-5-11(2)9-13(15)16/h5-6,9,12,14,17H,4,7-8,10H2,1-3H3. The number of piperidine rings is 1. The van der Waals surface area contributed by atoms with Crippen molar-refractivity contribution in [2.75, 3.05) is 24.5 Å². The maximum atomic E-state index is 6.35. The van der Waals surface area contributed by atoms with Crippen LogP contribution in [0.4, 0.5) is 5.69 Å². The molecule has 1 heterocycles. The number of halogens is 1. The van der Waals surface area contributed by atoms with E-state index >= 15 is 0 Å². The summed E-state index contributed by atoms with van der Waals surface area (Å²) in [6.07, 6.45) is 1.19. The van der Waals surface area contributed by atoms with Crippen molar-refractivity contribution < 1.29 is 0 Å². The van der Waals surface area contributed by atoms with Crippen molar-refractivity contribution in [2.45, 2.75) is 33.2 Å². The molecule has 1 N–H and O–H groups in total. The van der Waals surface area contributed by atoms with E-state index in [1.165, 1.54) is 17.7 Å². The second kappa shape index (κ2) is 5.94. The molecule has 2 unspecified atom stereocenters. The molecule has 0 aromatic heterocycles. The number of aryl methyl sites for hydroxylation is 1. The van der Waals surface area contributed by atoms with Crippen molar-refractivity contribution in [3.63, 3.8) is 0 Å². The van der Waals surface area contributed by atoms with Crippen LogP contribution in [0.1, 0.15) is 25.8 Å². The molecule has 0 bridgehead atoms. The topological polar surface area (TPSA) is 15.3 Å². The van der Waals surface area contributed by atoms with E-state index in [2.05, 4.69) is 49.2 Å². The molecule has 18 heavy (non-hydrogen) atoms. The van der Waals surface area contributed by atoms with Crippen molar-refractivity contribution in [3.8, 4) is 0 Å². The number of rotatable bonds is 3. The highest BCUT2D eigenvalue weighted by Crippen LogP contribution is 2.30. The van der Waals surface area contributed by atoms with Gasteiger partial charge in [-0.3, -0.25) is 0 Å². The molecule has 0 saturated carbocycles. The lowest BCUT2D eigenvalue weighted by Crippen LogP contribution is -2.48. The molecular weight excluding hydrogens is 244 g/mol. The highest BCUT2D eigenvalue weighted by molar-refractivity contribution is 6.33. The Morgan fingerprint density at radius 2 is 2.22 bits per heavy atom. The van der Waals surface area contributed by atoms with Gasteiger partial charge in [0.15, 0.2) is 0 Å². The van der Waals surface area contributed by atoms with Crippen LogP contribution in [-0.4, -0.2) is 25.7 Å². The first-order chi connectivity index (χ1) is 8.61. The lowest BCUT2D eigenvalue weighted by Gasteiger charge is -2.39. The van der Waals surface area contributed by atoms with Gasteiger partial charge in [0.05, 0.1) is 10.7 Å². The second-order valence-corrected chi connectivity index (χ2v) is 5.74. The van der Waals surface area contributed by atoms with Gasteiger partial charge in [-0.2, -0.15) is 0 Å². The van der Waals surface area contributed by atoms with Crippen LogP contribution in [0.25, 0.3) is 0 Å². The Morgan fingerprint density at radius 3 is 2.83 bits per heavy atom. The average molecular weight is 267 g/mol. The van der Waals surface area contributed by atoms with Gasteiger partial charge in [-0.1, -0.05) is 31.5 Å². The minimum absolute atomic E-state index is 0.649. The monoisotopic (exact) mass is 266 g/mol. The average Bonchev–Trinajstić information content (AvgIpc) is 2.32. The molecule has 1 aromatic carbocycles. The van der Waals surface area contributed by atoms with E-state index in [1.54, 1.807) is 0 Å². The highest BCUT2D eigenvalue weighted by Gasteiger charge is 2.26. The largest absolute Gasteiger partial charge is 0.370 e. The zero-order valence-corrected chi connectivity index (χ0v) is 12.3. The van der Waals surface area contributed by atoms with Gasteiger partial charge < -0.3 is 10.2 Å². The van der Waals surface area contributed by atoms with Crippen molar-refractivity contribution in [3.05, 3.63) is 28.8 Å². The van der Waals surface area contributed by atoms with Crippen LogP contribution in [0.5, 0.6) is 0 Å². The molecule has 1 saturated heterocycles. The zero-order valence-electron chi connectivity index (χ0n) is 11.5. The van der Waals surface area contributed by atoms with E-state index in [-0.39, 0.29) is 0 Å². The Kier molecular flexibility index (Phi) is 4.52. The first-order valence-electron chi connectivity index (χ1n) is 6.86. The summed E-state index contributed by atoms with van der Waals surface area (Å²) in [6.45, 7) is 9.80. The molecule has 2 rings (SSSR count). The third-order valence-corrected chi connectivity index (χ3v) is 4.12. The Labute approximate surface area is 115 Å². The summed E-state index contributed by atoms with van der Waals surface area (Å²) < 4.78 is 0. The maximum Gasteiger partial charge on any atom is 0.0642 e. The van der Waals surface area contributed by atoms with Crippen LogP contribution < -0.4 is 10.2 Å². The SMILES string of the molecule is CCNC1CCN(c2ccc(C)cc2Cl)CC1C. The smallest absolute Gasteiger partial charge is 0.0642 e. The van der Waals surface area contributed by atoms with Gasteiger partial charge in [0.1, 0.15) is 0 Å². The van der Waals surface area contributed by atoms with Crippen LogP contribution in [0, 0.1) is 12.8 Å². The quantitative estimate of drug-likeness (QED) is 0.901. The lowest BCUT2D eigenvalue weighted by molar-refractivity contribution is 0.327. The first kappa shape index (κ1) is 13.7. The number of nitrogens with one attached hydrogen (secondary N) is 1. The number of benzene rings is 1. The number of nitrogens with zero attached hydrogens (tertiary/aromatic N) is 1. The zero-order chi connectivity index (χ0) is 13.1. The molecule has 0 aliphatic carbocycles. The third kappa shape index (κ3) is 2.99. The molecule has 0 amide bonds. The fraction of sp³-hybridized carbons (Fsp3) is 0.600. The highest BCUT2D eigenvalue weighted by atomic mass is 35.5. The summed E-state index contributed by atoms with van der Waals surface area (Å²) in [5.41, 5.74) is 2.41. The fourth-order valence-electron chi connectivity index (χ4n) is 2.80. The van der Waals surface area contributed by atoms with Crippen molar-refractivity contribution >= 4 is 17.3 Å². The molecule has 3 heteroatoms. The molecule has 100 valence electrons. The normalized spacial score (nSPS) is 24.3. The van der Waals surface area contributed by atoms with E-state index in [0.717, 1.165) is 24.7 Å². The minimum atomic E-state index is 0.649.